The van der Waals surface area contributed by atoms with Crippen molar-refractivity contribution in [3.8, 4) is 0 Å². The van der Waals surface area contributed by atoms with Crippen LogP contribution in [-0.2, 0) is 26.4 Å². The van der Waals surface area contributed by atoms with Crippen molar-refractivity contribution in [2.75, 3.05) is 5.73 Å². The molecule has 0 unspecified atom stereocenters. The predicted molar refractivity (Wildman–Crippen MR) is 85.5 cm³/mol. The van der Waals surface area contributed by atoms with Gasteiger partial charge in [-0.2, -0.15) is 5.10 Å². The molecule has 3 aromatic rings. The average Bonchev–Trinajstić information content (AvgIpc) is 3.07. The van der Waals surface area contributed by atoms with E-state index in [-0.39, 0.29) is 0 Å². The fourth-order valence-corrected chi connectivity index (χ4v) is 3.37. The zero-order valence-electron chi connectivity index (χ0n) is 12.6. The van der Waals surface area contributed by atoms with Gasteiger partial charge in [-0.25, -0.2) is 9.97 Å². The van der Waals surface area contributed by atoms with Gasteiger partial charge in [0, 0.05) is 31.1 Å². The van der Waals surface area contributed by atoms with Crippen LogP contribution in [0.4, 0.5) is 5.95 Å². The van der Waals surface area contributed by atoms with Gasteiger partial charge in [0.2, 0.25) is 5.95 Å². The highest BCUT2D eigenvalue weighted by Gasteiger charge is 2.17. The highest BCUT2D eigenvalue weighted by Crippen LogP contribution is 2.22. The molecule has 0 atom stereocenters. The molecule has 0 aliphatic rings. The van der Waals surface area contributed by atoms with E-state index in [1.54, 1.807) is 11.3 Å². The number of aryl methyl sites for hydroxylation is 5. The Morgan fingerprint density at radius 1 is 1.29 bits per heavy atom. The van der Waals surface area contributed by atoms with Gasteiger partial charge in [0.05, 0.1) is 10.7 Å². The molecule has 0 saturated heterocycles. The Labute approximate surface area is 127 Å². The Kier molecular flexibility index (Phi) is 3.67. The summed E-state index contributed by atoms with van der Waals surface area (Å²) >= 11 is 1.69. The molecule has 112 valence electrons. The van der Waals surface area contributed by atoms with E-state index in [9.17, 15) is 0 Å². The average molecular weight is 304 g/mol. The van der Waals surface area contributed by atoms with Crippen LogP contribution in [0.2, 0.25) is 0 Å². The van der Waals surface area contributed by atoms with Crippen molar-refractivity contribution in [3.05, 3.63) is 21.8 Å². The van der Waals surface area contributed by atoms with Gasteiger partial charge in [-0.15, -0.1) is 11.3 Å². The molecule has 0 spiro atoms. The lowest BCUT2D eigenvalue weighted by Crippen LogP contribution is -2.08. The van der Waals surface area contributed by atoms with Gasteiger partial charge in [0.1, 0.15) is 5.52 Å². The van der Waals surface area contributed by atoms with Gasteiger partial charge in [0.15, 0.2) is 5.65 Å². The van der Waals surface area contributed by atoms with Gasteiger partial charge < -0.3 is 5.73 Å². The monoisotopic (exact) mass is 304 g/mol. The Morgan fingerprint density at radius 2 is 2.10 bits per heavy atom. The van der Waals surface area contributed by atoms with Crippen LogP contribution in [0, 0.1) is 6.92 Å². The maximum Gasteiger partial charge on any atom is 0.202 e. The summed E-state index contributed by atoms with van der Waals surface area (Å²) in [5, 5.41) is 7.77. The molecule has 21 heavy (non-hydrogen) atoms. The van der Waals surface area contributed by atoms with Crippen LogP contribution in [0.15, 0.2) is 5.38 Å². The van der Waals surface area contributed by atoms with E-state index in [1.807, 2.05) is 23.2 Å². The number of nitrogens with two attached hydrogens (primary N) is 1. The first-order valence-electron chi connectivity index (χ1n) is 7.18. The highest BCUT2D eigenvalue weighted by molar-refractivity contribution is 7.09. The van der Waals surface area contributed by atoms with Crippen LogP contribution in [0.1, 0.15) is 29.7 Å². The normalized spacial score (nSPS) is 11.6. The van der Waals surface area contributed by atoms with E-state index in [0.717, 1.165) is 53.4 Å². The summed E-state index contributed by atoms with van der Waals surface area (Å²) in [4.78, 5) is 9.01. The molecule has 6 nitrogen and oxygen atoms in total. The molecule has 0 aliphatic heterocycles. The van der Waals surface area contributed by atoms with E-state index in [0.29, 0.717) is 5.95 Å². The van der Waals surface area contributed by atoms with E-state index in [4.69, 9.17) is 5.73 Å². The largest absolute Gasteiger partial charge is 0.369 e. The lowest BCUT2D eigenvalue weighted by atomic mass is 10.2. The molecule has 3 heterocycles. The van der Waals surface area contributed by atoms with Crippen molar-refractivity contribution < 1.29 is 0 Å². The lowest BCUT2D eigenvalue weighted by Gasteiger charge is -2.05. The number of rotatable bonds is 5. The first kappa shape index (κ1) is 14.1. The molecule has 0 radical (unpaired) electrons. The summed E-state index contributed by atoms with van der Waals surface area (Å²) in [5.74, 6) is 0.559. The van der Waals surface area contributed by atoms with Gasteiger partial charge in [-0.1, -0.05) is 13.3 Å². The second-order valence-electron chi connectivity index (χ2n) is 5.25. The molecule has 3 aromatic heterocycles. The van der Waals surface area contributed by atoms with E-state index in [1.165, 1.54) is 0 Å². The molecule has 3 rings (SSSR count). The zero-order valence-corrected chi connectivity index (χ0v) is 13.4. The number of hydrogen-bond acceptors (Lipinski definition) is 5. The molecular formula is C14H20N6S. The third-order valence-electron chi connectivity index (χ3n) is 3.52. The van der Waals surface area contributed by atoms with Crippen LogP contribution in [0.3, 0.4) is 0 Å². The van der Waals surface area contributed by atoms with E-state index >= 15 is 0 Å². The van der Waals surface area contributed by atoms with Crippen LogP contribution in [0.5, 0.6) is 0 Å². The smallest absolute Gasteiger partial charge is 0.202 e. The van der Waals surface area contributed by atoms with E-state index < -0.39 is 0 Å². The van der Waals surface area contributed by atoms with Crippen molar-refractivity contribution in [2.45, 2.75) is 39.7 Å². The Hall–Kier alpha value is -1.89. The maximum absolute atomic E-state index is 6.09. The second-order valence-corrected chi connectivity index (χ2v) is 6.19. The minimum atomic E-state index is 0.559. The van der Waals surface area contributed by atoms with Crippen LogP contribution >= 0.6 is 11.3 Å². The summed E-state index contributed by atoms with van der Waals surface area (Å²) in [6.07, 6.45) is 2.85. The fraction of sp³-hybridized carbons (Fsp3) is 0.500. The Bertz CT molecular complexity index is 766. The quantitative estimate of drug-likeness (QED) is 0.785. The van der Waals surface area contributed by atoms with Crippen LogP contribution < -0.4 is 5.73 Å². The predicted octanol–water partition coefficient (Wildman–Crippen LogP) is 2.31. The Balaban J connectivity index is 1.92. The second kappa shape index (κ2) is 5.48. The van der Waals surface area contributed by atoms with Crippen molar-refractivity contribution in [2.24, 2.45) is 7.05 Å². The first-order valence-corrected chi connectivity index (χ1v) is 8.06. The molecule has 0 amide bonds. The molecule has 7 heteroatoms. The van der Waals surface area contributed by atoms with Crippen molar-refractivity contribution >= 4 is 28.4 Å². The SMILES string of the molecule is CCCc1nn(C)c2c1nc(N)n2CCc1nc(C)cs1. The number of anilines is 1. The summed E-state index contributed by atoms with van der Waals surface area (Å²) in [6, 6.07) is 0. The molecule has 0 aromatic carbocycles. The molecule has 0 saturated carbocycles. The summed E-state index contributed by atoms with van der Waals surface area (Å²) < 4.78 is 3.93. The number of nitrogens with zero attached hydrogens (tertiary/aromatic N) is 5. The number of thiazole rings is 1. The number of imidazole rings is 1. The van der Waals surface area contributed by atoms with Gasteiger partial charge >= 0.3 is 0 Å². The lowest BCUT2D eigenvalue weighted by molar-refractivity contribution is 0.672. The number of aromatic nitrogens is 5. The van der Waals surface area contributed by atoms with Crippen LogP contribution in [-0.4, -0.2) is 24.3 Å². The summed E-state index contributed by atoms with van der Waals surface area (Å²) in [7, 11) is 1.95. The minimum absolute atomic E-state index is 0.559. The number of nitrogen functional groups attached to an aromatic ring is 1. The van der Waals surface area contributed by atoms with Crippen molar-refractivity contribution in [1.82, 2.24) is 24.3 Å². The molecule has 0 fully saturated rings. The fourth-order valence-electron chi connectivity index (χ4n) is 2.61. The van der Waals surface area contributed by atoms with Gasteiger partial charge in [-0.05, 0) is 13.3 Å². The van der Waals surface area contributed by atoms with Crippen molar-refractivity contribution in [1.29, 1.82) is 0 Å². The van der Waals surface area contributed by atoms with Crippen molar-refractivity contribution in [3.63, 3.8) is 0 Å². The third-order valence-corrected chi connectivity index (χ3v) is 4.55. The first-order chi connectivity index (χ1) is 10.1. The maximum atomic E-state index is 6.09. The third kappa shape index (κ3) is 2.53. The number of hydrogen-bond donors (Lipinski definition) is 1. The standard InChI is InChI=1S/C14H20N6S/c1-4-5-10-12-13(19(3)18-10)20(14(15)17-12)7-6-11-16-9(2)8-21-11/h8H,4-7H2,1-3H3,(H2,15,17). The highest BCUT2D eigenvalue weighted by atomic mass is 32.1. The molecule has 0 bridgehead atoms. The zero-order chi connectivity index (χ0) is 15.0. The Morgan fingerprint density at radius 3 is 2.76 bits per heavy atom. The summed E-state index contributed by atoms with van der Waals surface area (Å²) in [5.41, 5.74) is 10.1. The molecule has 2 N–H and O–H groups in total. The summed E-state index contributed by atoms with van der Waals surface area (Å²) in [6.45, 7) is 4.94. The van der Waals surface area contributed by atoms with Gasteiger partial charge in [0.25, 0.3) is 0 Å². The minimum Gasteiger partial charge on any atom is -0.369 e. The number of fused-ring (bicyclic) bond motifs is 1. The molecular weight excluding hydrogens is 284 g/mol. The van der Waals surface area contributed by atoms with Crippen LogP contribution in [0.25, 0.3) is 11.2 Å². The molecule has 0 aliphatic carbocycles. The van der Waals surface area contributed by atoms with Gasteiger partial charge in [-0.3, -0.25) is 9.25 Å². The topological polar surface area (TPSA) is 74.6 Å². The van der Waals surface area contributed by atoms with E-state index in [2.05, 4.69) is 27.4 Å².